The predicted octanol–water partition coefficient (Wildman–Crippen LogP) is 2.69. The molecule has 2 heterocycles. The average molecular weight is 377 g/mol. The molecule has 0 aromatic carbocycles. The van der Waals surface area contributed by atoms with Gasteiger partial charge in [0.05, 0.1) is 24.4 Å². The number of aromatic nitrogens is 1. The molecule has 1 fully saturated rings. The summed E-state index contributed by atoms with van der Waals surface area (Å²) in [5, 5.41) is 12.3. The van der Waals surface area contributed by atoms with E-state index in [2.05, 4.69) is 10.3 Å². The van der Waals surface area contributed by atoms with E-state index in [-0.39, 0.29) is 23.4 Å². The number of rotatable bonds is 8. The van der Waals surface area contributed by atoms with E-state index in [1.54, 1.807) is 11.8 Å². The number of anilines is 2. The number of carbonyl (C=O) groups excluding carboxylic acids is 2. The summed E-state index contributed by atoms with van der Waals surface area (Å²) in [5.74, 6) is -1.54. The van der Waals surface area contributed by atoms with Gasteiger partial charge in [-0.05, 0) is 32.3 Å². The number of hydrogen-bond acceptors (Lipinski definition) is 6. The fourth-order valence-electron chi connectivity index (χ4n) is 3.12. The minimum atomic E-state index is -1.12. The van der Waals surface area contributed by atoms with Gasteiger partial charge in [-0.2, -0.15) is 0 Å². The molecule has 8 nitrogen and oxygen atoms in total. The zero-order valence-corrected chi connectivity index (χ0v) is 15.9. The van der Waals surface area contributed by atoms with Crippen LogP contribution in [0.3, 0.4) is 0 Å². The number of aromatic carboxylic acids is 1. The second-order valence-corrected chi connectivity index (χ2v) is 6.59. The Morgan fingerprint density at radius 2 is 2.15 bits per heavy atom. The van der Waals surface area contributed by atoms with E-state index in [4.69, 9.17) is 4.74 Å². The number of esters is 1. The third kappa shape index (κ3) is 5.67. The van der Waals surface area contributed by atoms with Crippen LogP contribution in [0.1, 0.15) is 56.3 Å². The lowest BCUT2D eigenvalue weighted by Crippen LogP contribution is -2.40. The fourth-order valence-corrected chi connectivity index (χ4v) is 3.12. The molecule has 0 aliphatic carbocycles. The number of hydrogen-bond donors (Lipinski definition) is 2. The molecule has 1 aliphatic heterocycles. The number of carboxylic acids is 1. The highest BCUT2D eigenvalue weighted by molar-refractivity contribution is 5.97. The molecule has 2 rings (SSSR count). The molecule has 0 saturated carbocycles. The Bertz CT molecular complexity index is 692. The Labute approximate surface area is 158 Å². The number of pyridine rings is 1. The summed E-state index contributed by atoms with van der Waals surface area (Å²) < 4.78 is 5.09. The summed E-state index contributed by atoms with van der Waals surface area (Å²) in [7, 11) is 0. The van der Waals surface area contributed by atoms with Gasteiger partial charge in [-0.25, -0.2) is 9.78 Å². The molecule has 0 bridgehead atoms. The van der Waals surface area contributed by atoms with Gasteiger partial charge in [-0.1, -0.05) is 13.3 Å². The lowest BCUT2D eigenvalue weighted by Gasteiger charge is -2.33. The van der Waals surface area contributed by atoms with Crippen LogP contribution in [0.25, 0.3) is 0 Å². The first-order valence-electron chi connectivity index (χ1n) is 9.41. The van der Waals surface area contributed by atoms with Crippen LogP contribution in [0.15, 0.2) is 12.3 Å². The number of ether oxygens (including phenoxy) is 1. The van der Waals surface area contributed by atoms with Crippen LogP contribution >= 0.6 is 0 Å². The second kappa shape index (κ2) is 9.89. The van der Waals surface area contributed by atoms with Crippen molar-refractivity contribution >= 4 is 29.4 Å². The maximum Gasteiger partial charge on any atom is 0.339 e. The monoisotopic (exact) mass is 377 g/mol. The van der Waals surface area contributed by atoms with E-state index in [9.17, 15) is 19.5 Å². The lowest BCUT2D eigenvalue weighted by molar-refractivity contribution is -0.148. The average Bonchev–Trinajstić information content (AvgIpc) is 2.66. The molecule has 1 aromatic rings. The highest BCUT2D eigenvalue weighted by Crippen LogP contribution is 2.27. The van der Waals surface area contributed by atoms with Crippen molar-refractivity contribution < 1.29 is 24.2 Å². The van der Waals surface area contributed by atoms with Gasteiger partial charge in [0.2, 0.25) is 5.91 Å². The van der Waals surface area contributed by atoms with E-state index in [1.807, 2.05) is 6.92 Å². The Hall–Kier alpha value is -2.64. The third-order valence-electron chi connectivity index (χ3n) is 4.48. The molecular weight excluding hydrogens is 350 g/mol. The van der Waals surface area contributed by atoms with Gasteiger partial charge in [-0.15, -0.1) is 0 Å². The largest absolute Gasteiger partial charge is 0.478 e. The molecule has 27 heavy (non-hydrogen) atoms. The number of nitrogens with zero attached hydrogens (tertiary/aromatic N) is 2. The zero-order valence-electron chi connectivity index (χ0n) is 15.9. The number of carboxylic acid groups (broad SMARTS) is 1. The number of piperidine rings is 1. The summed E-state index contributed by atoms with van der Waals surface area (Å²) in [6.07, 6.45) is 4.98. The van der Waals surface area contributed by atoms with Crippen LogP contribution in [0.5, 0.6) is 0 Å². The van der Waals surface area contributed by atoms with Gasteiger partial charge in [0.15, 0.2) is 0 Å². The van der Waals surface area contributed by atoms with Crippen LogP contribution in [0, 0.1) is 5.92 Å². The van der Waals surface area contributed by atoms with E-state index in [0.29, 0.717) is 44.0 Å². The molecule has 0 spiro atoms. The Morgan fingerprint density at radius 1 is 1.37 bits per heavy atom. The topological polar surface area (TPSA) is 109 Å². The first-order chi connectivity index (χ1) is 13.0. The molecule has 1 aliphatic rings. The smallest absolute Gasteiger partial charge is 0.339 e. The maximum absolute atomic E-state index is 12.0. The van der Waals surface area contributed by atoms with Crippen molar-refractivity contribution in [3.63, 3.8) is 0 Å². The maximum atomic E-state index is 12.0. The summed E-state index contributed by atoms with van der Waals surface area (Å²) in [6, 6.07) is 1.42. The molecule has 1 aromatic heterocycles. The normalized spacial score (nSPS) is 16.7. The SMILES string of the molecule is CCCCC(=O)Nc1cnc(N2CCC[C@H](C(=O)OCC)C2)c(C(=O)O)c1. The Kier molecular flexibility index (Phi) is 7.57. The van der Waals surface area contributed by atoms with Crippen LogP contribution in [0.4, 0.5) is 11.5 Å². The van der Waals surface area contributed by atoms with Gasteiger partial charge >= 0.3 is 11.9 Å². The van der Waals surface area contributed by atoms with Crippen molar-refractivity contribution in [3.8, 4) is 0 Å². The molecule has 2 N–H and O–H groups in total. The summed E-state index contributed by atoms with van der Waals surface area (Å²) in [5.41, 5.74) is 0.365. The lowest BCUT2D eigenvalue weighted by atomic mass is 9.98. The highest BCUT2D eigenvalue weighted by atomic mass is 16.5. The molecule has 0 radical (unpaired) electrons. The molecule has 1 saturated heterocycles. The van der Waals surface area contributed by atoms with Gasteiger partial charge in [-0.3, -0.25) is 9.59 Å². The minimum Gasteiger partial charge on any atom is -0.478 e. The molecular formula is C19H27N3O5. The summed E-state index contributed by atoms with van der Waals surface area (Å²) in [4.78, 5) is 41.7. The third-order valence-corrected chi connectivity index (χ3v) is 4.48. The number of nitrogens with one attached hydrogen (secondary N) is 1. The van der Waals surface area contributed by atoms with Crippen LogP contribution in [-0.4, -0.2) is 47.6 Å². The van der Waals surface area contributed by atoms with Crippen molar-refractivity contribution in [2.75, 3.05) is 29.9 Å². The first kappa shape index (κ1) is 20.7. The van der Waals surface area contributed by atoms with Crippen molar-refractivity contribution in [2.24, 2.45) is 5.92 Å². The van der Waals surface area contributed by atoms with Gasteiger partial charge in [0.25, 0.3) is 0 Å². The number of unbranched alkanes of at least 4 members (excludes halogenated alkanes) is 1. The first-order valence-corrected chi connectivity index (χ1v) is 9.41. The quantitative estimate of drug-likeness (QED) is 0.670. The minimum absolute atomic E-state index is 0.00722. The predicted molar refractivity (Wildman–Crippen MR) is 101 cm³/mol. The van der Waals surface area contributed by atoms with E-state index < -0.39 is 5.97 Å². The molecule has 1 atom stereocenters. The summed E-state index contributed by atoms with van der Waals surface area (Å²) in [6.45, 7) is 5.06. The molecule has 0 unspecified atom stereocenters. The zero-order chi connectivity index (χ0) is 19.8. The molecule has 148 valence electrons. The van der Waals surface area contributed by atoms with Crippen LogP contribution in [-0.2, 0) is 14.3 Å². The van der Waals surface area contributed by atoms with E-state index >= 15 is 0 Å². The van der Waals surface area contributed by atoms with Gasteiger partial charge in [0, 0.05) is 19.5 Å². The van der Waals surface area contributed by atoms with Gasteiger partial charge < -0.3 is 20.1 Å². The Morgan fingerprint density at radius 3 is 2.81 bits per heavy atom. The van der Waals surface area contributed by atoms with Crippen molar-refractivity contribution in [1.29, 1.82) is 0 Å². The van der Waals surface area contributed by atoms with Crippen LogP contribution in [0.2, 0.25) is 0 Å². The van der Waals surface area contributed by atoms with Gasteiger partial charge in [0.1, 0.15) is 11.4 Å². The standard InChI is InChI=1S/C19H27N3O5/c1-3-5-8-16(23)21-14-10-15(18(24)25)17(20-11-14)22-9-6-7-13(12-22)19(26)27-4-2/h10-11,13H,3-9,12H2,1-2H3,(H,21,23)(H,24,25)/t13-/m0/s1. The van der Waals surface area contributed by atoms with Crippen molar-refractivity contribution in [1.82, 2.24) is 4.98 Å². The number of carbonyl (C=O) groups is 3. The molecule has 8 heteroatoms. The second-order valence-electron chi connectivity index (χ2n) is 6.59. The highest BCUT2D eigenvalue weighted by Gasteiger charge is 2.29. The van der Waals surface area contributed by atoms with Crippen molar-refractivity contribution in [2.45, 2.75) is 46.0 Å². The number of amides is 1. The fraction of sp³-hybridized carbons (Fsp3) is 0.579. The van der Waals surface area contributed by atoms with E-state index in [1.165, 1.54) is 12.3 Å². The van der Waals surface area contributed by atoms with E-state index in [0.717, 1.165) is 19.3 Å². The van der Waals surface area contributed by atoms with Crippen LogP contribution < -0.4 is 10.2 Å². The molecule has 1 amide bonds. The Balaban J connectivity index is 2.17. The summed E-state index contributed by atoms with van der Waals surface area (Å²) >= 11 is 0. The van der Waals surface area contributed by atoms with Crippen molar-refractivity contribution in [3.05, 3.63) is 17.8 Å².